The number of methoxy groups -OCH3 is 1. The molecule has 0 aliphatic carbocycles. The van der Waals surface area contributed by atoms with Gasteiger partial charge in [-0.1, -0.05) is 12.1 Å². The fourth-order valence-electron chi connectivity index (χ4n) is 3.77. The highest BCUT2D eigenvalue weighted by Crippen LogP contribution is 2.23. The molecule has 34 heavy (non-hydrogen) atoms. The number of likely N-dealkylation sites (tertiary alicyclic amines) is 1. The lowest BCUT2D eigenvalue weighted by Crippen LogP contribution is -2.39. The van der Waals surface area contributed by atoms with Gasteiger partial charge < -0.3 is 24.6 Å². The van der Waals surface area contributed by atoms with Gasteiger partial charge in [0.05, 0.1) is 7.11 Å². The number of anilines is 2. The van der Waals surface area contributed by atoms with Gasteiger partial charge in [-0.15, -0.1) is 0 Å². The van der Waals surface area contributed by atoms with E-state index in [1.165, 1.54) is 0 Å². The molecule has 0 unspecified atom stereocenters. The summed E-state index contributed by atoms with van der Waals surface area (Å²) in [5.41, 5.74) is 2.81. The van der Waals surface area contributed by atoms with E-state index in [-0.39, 0.29) is 6.10 Å². The quantitative estimate of drug-likeness (QED) is 0.445. The van der Waals surface area contributed by atoms with Gasteiger partial charge in [-0.05, 0) is 54.8 Å². The number of hydrogen-bond acceptors (Lipinski definition) is 8. The van der Waals surface area contributed by atoms with E-state index in [4.69, 9.17) is 19.3 Å². The van der Waals surface area contributed by atoms with Crippen LogP contribution in [0, 0.1) is 0 Å². The first-order chi connectivity index (χ1) is 16.6. The summed E-state index contributed by atoms with van der Waals surface area (Å²) in [6, 6.07) is 15.4. The fourth-order valence-corrected chi connectivity index (χ4v) is 3.77. The molecule has 3 aromatic rings. The van der Waals surface area contributed by atoms with Crippen molar-refractivity contribution in [3.8, 4) is 22.6 Å². The lowest BCUT2D eigenvalue weighted by molar-refractivity contribution is 0.0180. The Kier molecular flexibility index (Phi) is 7.77. The molecule has 1 fully saturated rings. The number of rotatable bonds is 9. The first-order valence-electron chi connectivity index (χ1n) is 11.2. The molecule has 0 saturated carbocycles. The van der Waals surface area contributed by atoms with Gasteiger partial charge in [0.25, 0.3) is 0 Å². The van der Waals surface area contributed by atoms with Gasteiger partial charge in [-0.25, -0.2) is 14.8 Å². The lowest BCUT2D eigenvalue weighted by Gasteiger charge is -2.30. The minimum atomic E-state index is -1.20. The number of carboxylic acid groups (broad SMARTS) is 1. The van der Waals surface area contributed by atoms with Crippen LogP contribution in [0.1, 0.15) is 12.8 Å². The van der Waals surface area contributed by atoms with Crippen LogP contribution in [0.5, 0.6) is 11.5 Å². The Bertz CT molecular complexity index is 1050. The van der Waals surface area contributed by atoms with E-state index >= 15 is 0 Å². The first kappa shape index (κ1) is 23.3. The molecule has 1 aliphatic rings. The number of hydrogen-bond donors (Lipinski definition) is 2. The normalized spacial score (nSPS) is 14.4. The van der Waals surface area contributed by atoms with Crippen LogP contribution >= 0.6 is 0 Å². The summed E-state index contributed by atoms with van der Waals surface area (Å²) in [6.45, 7) is 2.96. The highest BCUT2D eigenvalue weighted by atomic mass is 16.7. The molecule has 2 heterocycles. The Labute approximate surface area is 198 Å². The molecule has 9 heteroatoms. The Morgan fingerprint density at radius 1 is 1.00 bits per heavy atom. The molecule has 0 atom stereocenters. The molecule has 0 amide bonds. The van der Waals surface area contributed by atoms with Gasteiger partial charge in [0.2, 0.25) is 5.95 Å². The number of carbonyl (C=O) groups is 1. The van der Waals surface area contributed by atoms with Gasteiger partial charge in [0.1, 0.15) is 24.2 Å². The van der Waals surface area contributed by atoms with Gasteiger partial charge in [0, 0.05) is 43.3 Å². The molecule has 2 N–H and O–H groups in total. The van der Waals surface area contributed by atoms with Crippen molar-refractivity contribution in [2.45, 2.75) is 18.9 Å². The van der Waals surface area contributed by atoms with Crippen LogP contribution in [0.15, 0.2) is 60.9 Å². The summed E-state index contributed by atoms with van der Waals surface area (Å²) >= 11 is 0. The van der Waals surface area contributed by atoms with Crippen molar-refractivity contribution in [3.05, 3.63) is 60.9 Å². The Morgan fingerprint density at radius 2 is 1.65 bits per heavy atom. The predicted molar refractivity (Wildman–Crippen MR) is 128 cm³/mol. The molecule has 178 valence electrons. The van der Waals surface area contributed by atoms with Gasteiger partial charge >= 0.3 is 6.16 Å². The second-order valence-electron chi connectivity index (χ2n) is 7.95. The number of nitrogens with zero attached hydrogens (tertiary/aromatic N) is 3. The largest absolute Gasteiger partial charge is 0.506 e. The molecule has 1 aromatic heterocycles. The minimum Gasteiger partial charge on any atom is -0.497 e. The maximum Gasteiger partial charge on any atom is 0.506 e. The van der Waals surface area contributed by atoms with E-state index in [2.05, 4.69) is 20.2 Å². The lowest BCUT2D eigenvalue weighted by atomic mass is 10.1. The molecule has 1 saturated heterocycles. The Morgan fingerprint density at radius 3 is 2.26 bits per heavy atom. The van der Waals surface area contributed by atoms with Crippen LogP contribution in [0.4, 0.5) is 16.4 Å². The third-order valence-electron chi connectivity index (χ3n) is 5.66. The Balaban J connectivity index is 1.21. The summed E-state index contributed by atoms with van der Waals surface area (Å²) in [4.78, 5) is 21.7. The second-order valence-corrected chi connectivity index (χ2v) is 7.95. The second kappa shape index (κ2) is 11.3. The summed E-state index contributed by atoms with van der Waals surface area (Å²) in [6.07, 6.45) is 3.61. The van der Waals surface area contributed by atoms with E-state index < -0.39 is 6.16 Å². The van der Waals surface area contributed by atoms with Crippen molar-refractivity contribution in [1.29, 1.82) is 0 Å². The average molecular weight is 465 g/mol. The highest BCUT2D eigenvalue weighted by molar-refractivity contribution is 5.63. The van der Waals surface area contributed by atoms with Crippen LogP contribution in [0.25, 0.3) is 11.1 Å². The zero-order valence-electron chi connectivity index (χ0n) is 19.0. The van der Waals surface area contributed by atoms with Gasteiger partial charge in [0.15, 0.2) is 0 Å². The van der Waals surface area contributed by atoms with Crippen molar-refractivity contribution in [2.24, 2.45) is 0 Å². The molecule has 0 spiro atoms. The summed E-state index contributed by atoms with van der Waals surface area (Å²) in [5.74, 6) is 2.11. The van der Waals surface area contributed by atoms with Crippen molar-refractivity contribution >= 4 is 17.8 Å². The van der Waals surface area contributed by atoms with Crippen molar-refractivity contribution in [1.82, 2.24) is 14.9 Å². The highest BCUT2D eigenvalue weighted by Gasteiger charge is 2.21. The maximum atomic E-state index is 10.6. The number of benzene rings is 2. The van der Waals surface area contributed by atoms with E-state index in [9.17, 15) is 4.79 Å². The minimum absolute atomic E-state index is 0.197. The van der Waals surface area contributed by atoms with E-state index in [1.54, 1.807) is 19.5 Å². The smallest absolute Gasteiger partial charge is 0.497 e. The molecule has 1 aliphatic heterocycles. The number of ether oxygens (including phenoxy) is 3. The molecule has 0 bridgehead atoms. The van der Waals surface area contributed by atoms with E-state index in [0.717, 1.165) is 60.8 Å². The molecular weight excluding hydrogens is 436 g/mol. The number of piperidine rings is 1. The molecule has 9 nitrogen and oxygen atoms in total. The fraction of sp³-hybridized carbons (Fsp3) is 0.320. The van der Waals surface area contributed by atoms with Gasteiger partial charge in [-0.3, -0.25) is 4.90 Å². The molecular formula is C25H28N4O5. The van der Waals surface area contributed by atoms with Crippen LogP contribution in [0.3, 0.4) is 0 Å². The van der Waals surface area contributed by atoms with Crippen LogP contribution in [-0.4, -0.2) is 65.6 Å². The standard InChI is InChI=1S/C25H28N4O5/c1-32-21-6-2-18(3-7-21)19-16-26-24(27-17-19)28-20-4-8-22(9-5-20)33-15-14-29-12-10-23(11-13-29)34-25(30)31/h2-9,16-17,23H,10-15H2,1H3,(H,30,31)(H,26,27,28). The molecule has 2 aromatic carbocycles. The Hall–Kier alpha value is -3.85. The molecule has 0 radical (unpaired) electrons. The predicted octanol–water partition coefficient (Wildman–Crippen LogP) is 4.43. The topological polar surface area (TPSA) is 106 Å². The van der Waals surface area contributed by atoms with Gasteiger partial charge in [-0.2, -0.15) is 0 Å². The first-order valence-corrected chi connectivity index (χ1v) is 11.2. The zero-order valence-corrected chi connectivity index (χ0v) is 19.0. The van der Waals surface area contributed by atoms with Crippen molar-refractivity contribution < 1.29 is 24.1 Å². The summed E-state index contributed by atoms with van der Waals surface area (Å²) in [5, 5.41) is 11.9. The van der Waals surface area contributed by atoms with Crippen LogP contribution in [-0.2, 0) is 4.74 Å². The maximum absolute atomic E-state index is 10.6. The third-order valence-corrected chi connectivity index (χ3v) is 5.66. The monoisotopic (exact) mass is 464 g/mol. The summed E-state index contributed by atoms with van der Waals surface area (Å²) < 4.78 is 15.9. The van der Waals surface area contributed by atoms with E-state index in [0.29, 0.717) is 12.6 Å². The van der Waals surface area contributed by atoms with E-state index in [1.807, 2.05) is 48.5 Å². The average Bonchev–Trinajstić information content (AvgIpc) is 2.86. The van der Waals surface area contributed by atoms with Crippen LogP contribution < -0.4 is 14.8 Å². The van der Waals surface area contributed by atoms with Crippen molar-refractivity contribution in [2.75, 3.05) is 38.7 Å². The number of nitrogens with one attached hydrogen (secondary N) is 1. The third kappa shape index (κ3) is 6.58. The zero-order chi connectivity index (χ0) is 23.8. The number of aromatic nitrogens is 2. The SMILES string of the molecule is COc1ccc(-c2cnc(Nc3ccc(OCCN4CCC(OC(=O)O)CC4)cc3)nc2)cc1. The summed E-state index contributed by atoms with van der Waals surface area (Å²) in [7, 11) is 1.64. The van der Waals surface area contributed by atoms with Crippen molar-refractivity contribution in [3.63, 3.8) is 0 Å². The van der Waals surface area contributed by atoms with Crippen LogP contribution in [0.2, 0.25) is 0 Å². The molecule has 4 rings (SSSR count).